The van der Waals surface area contributed by atoms with E-state index in [4.69, 9.17) is 14.6 Å². The fourth-order valence-corrected chi connectivity index (χ4v) is 0. The lowest BCUT2D eigenvalue weighted by atomic mass is 14.0. The summed E-state index contributed by atoms with van der Waals surface area (Å²) in [6.07, 6.45) is 0. The molecule has 0 rings (SSSR count). The van der Waals surface area contributed by atoms with Crippen LogP contribution < -0.4 is 0 Å². The summed E-state index contributed by atoms with van der Waals surface area (Å²) in [5.74, 6) is 0. The Kier molecular flexibility index (Phi) is 1.80. The third kappa shape index (κ3) is 4.17. The predicted octanol–water partition coefficient (Wildman–Crippen LogP) is -0.0759. The van der Waals surface area contributed by atoms with Gasteiger partial charge in [0.05, 0.1) is 0 Å². The van der Waals surface area contributed by atoms with Crippen LogP contribution in [0.2, 0.25) is 0 Å². The molecule has 0 saturated heterocycles. The summed E-state index contributed by atoms with van der Waals surface area (Å²) in [5, 5.41) is 0. The van der Waals surface area contributed by atoms with Gasteiger partial charge in [0.25, 0.3) is 0 Å². The fraction of sp³-hybridized carbons (Fsp3) is 0. The van der Waals surface area contributed by atoms with Crippen LogP contribution >= 0.6 is 6.80 Å². The molecule has 0 aromatic rings. The van der Waals surface area contributed by atoms with Crippen LogP contribution in [0.4, 0.5) is 0 Å². The maximum Gasteiger partial charge on any atom is 0.640 e. The van der Waals surface area contributed by atoms with Gasteiger partial charge in [-0.15, -0.1) is 0 Å². The Hall–Kier alpha value is 0.170. The molecule has 3 N–H and O–H groups in total. The second-order valence-corrected chi connectivity index (χ2v) is 3.72. The molecule has 0 aliphatic carbocycles. The molecule has 0 bridgehead atoms. The highest BCUT2D eigenvalue weighted by molar-refractivity contribution is 8.35. The molecule has 0 fully saturated rings. The van der Waals surface area contributed by atoms with Crippen molar-refractivity contribution in [1.82, 2.24) is 0 Å². The smallest absolute Gasteiger partial charge is 0.276 e. The van der Waals surface area contributed by atoms with E-state index in [9.17, 15) is 4.57 Å². The molecule has 0 unspecified atom stereocenters. The first-order valence-corrected chi connectivity index (χ1v) is 4.00. The Morgan fingerprint density at radius 1 is 1.67 bits per heavy atom. The Morgan fingerprint density at radius 3 is 1.83 bits per heavy atom. The first kappa shape index (κ1) is 6.17. The van der Waals surface area contributed by atoms with Crippen molar-refractivity contribution in [3.8, 4) is 0 Å². The summed E-state index contributed by atoms with van der Waals surface area (Å²) >= 11 is -0.201. The van der Waals surface area contributed by atoms with Gasteiger partial charge < -0.3 is 0 Å². The average Bonchev–Trinajstić information content (AvgIpc) is 1.35. The summed E-state index contributed by atoms with van der Waals surface area (Å²) in [6, 6.07) is 0. The van der Waals surface area contributed by atoms with Gasteiger partial charge in [0, 0.05) is 0 Å². The number of hydrogen-bond acceptors (Lipinski definition) is 2. The van der Waals surface area contributed by atoms with Gasteiger partial charge in [-0.2, -0.15) is 4.57 Å². The maximum atomic E-state index is 9.47. The molecular weight excluding hydrogens is 125 g/mol. The molecule has 4 nitrogen and oxygen atoms in total. The van der Waals surface area contributed by atoms with E-state index in [1.807, 2.05) is 0 Å². The van der Waals surface area contributed by atoms with Crippen molar-refractivity contribution < 1.29 is 14.4 Å². The van der Waals surface area contributed by atoms with Crippen molar-refractivity contribution in [2.24, 2.45) is 0 Å². The number of rotatable bonds is 1. The summed E-state index contributed by atoms with van der Waals surface area (Å²) in [5.41, 5.74) is 0. The fourth-order valence-electron chi connectivity index (χ4n) is 0. The Bertz CT molecular complexity index is 93.0. The van der Waals surface area contributed by atoms with Gasteiger partial charge in [0.1, 0.15) is 0 Å². The van der Waals surface area contributed by atoms with Crippen LogP contribution in [0.25, 0.3) is 0 Å². The van der Waals surface area contributed by atoms with E-state index in [-0.39, 0.29) is 11.2 Å². The lowest BCUT2D eigenvalue weighted by Crippen LogP contribution is -1.66. The van der Waals surface area contributed by atoms with Gasteiger partial charge in [-0.05, 0) is 4.78 Å². The van der Waals surface area contributed by atoms with Crippen molar-refractivity contribution in [2.45, 2.75) is 0 Å². The van der Waals surface area contributed by atoms with Crippen molar-refractivity contribution >= 4 is 18.0 Å². The highest BCUT2D eigenvalue weighted by Crippen LogP contribution is 2.31. The van der Waals surface area contributed by atoms with Crippen LogP contribution in [0.5, 0.6) is 0 Å². The standard InChI is InChI=1S/H2NO3PS/c1-6-5(2,3)4/h1H,(H-,2,3,4)/p+1. The minimum absolute atomic E-state index is 0.201. The zero-order chi connectivity index (χ0) is 5.21. The van der Waals surface area contributed by atoms with Crippen molar-refractivity contribution in [3.63, 3.8) is 0 Å². The topological polar surface area (TPSA) is 81.4 Å². The van der Waals surface area contributed by atoms with Crippen LogP contribution in [0, 0.1) is 4.78 Å². The quantitative estimate of drug-likeness (QED) is 0.341. The molecule has 36 valence electrons. The van der Waals surface area contributed by atoms with E-state index >= 15 is 0 Å². The van der Waals surface area contributed by atoms with Crippen molar-refractivity contribution in [3.05, 3.63) is 0 Å². The molecule has 0 aliphatic rings. The minimum atomic E-state index is -4.06. The zero-order valence-corrected chi connectivity index (χ0v) is 4.37. The van der Waals surface area contributed by atoms with E-state index in [2.05, 4.69) is 0 Å². The largest absolute Gasteiger partial charge is 0.640 e. The van der Waals surface area contributed by atoms with Gasteiger partial charge >= 0.3 is 18.0 Å². The lowest BCUT2D eigenvalue weighted by Gasteiger charge is -1.68. The Labute approximate surface area is 38.0 Å². The summed E-state index contributed by atoms with van der Waals surface area (Å²) in [6.45, 7) is -4.06. The maximum absolute atomic E-state index is 9.47. The molecule has 0 atom stereocenters. The molecule has 0 aliphatic heterocycles. The van der Waals surface area contributed by atoms with Gasteiger partial charge in [-0.1, -0.05) is 0 Å². The monoisotopic (exact) mass is 128 g/mol. The van der Waals surface area contributed by atoms with Crippen LogP contribution in [0.15, 0.2) is 0 Å². The second kappa shape index (κ2) is 1.75. The Balaban J connectivity index is 3.81. The molecule has 0 radical (unpaired) electrons. The van der Waals surface area contributed by atoms with Gasteiger partial charge in [-0.25, -0.2) is 0 Å². The van der Waals surface area contributed by atoms with E-state index < -0.39 is 6.80 Å². The van der Waals surface area contributed by atoms with Gasteiger partial charge in [-0.3, -0.25) is 9.79 Å². The van der Waals surface area contributed by atoms with E-state index in [0.29, 0.717) is 0 Å². The summed E-state index contributed by atoms with van der Waals surface area (Å²) in [4.78, 5) is 15.4. The van der Waals surface area contributed by atoms with E-state index in [1.54, 1.807) is 0 Å². The molecule has 6 heteroatoms. The third-order valence-corrected chi connectivity index (χ3v) is 1.07. The van der Waals surface area contributed by atoms with Gasteiger partial charge in [0.2, 0.25) is 0 Å². The molecule has 6 heavy (non-hydrogen) atoms. The summed E-state index contributed by atoms with van der Waals surface area (Å²) < 4.78 is 15.5. The van der Waals surface area contributed by atoms with E-state index in [1.165, 1.54) is 0 Å². The second-order valence-electron chi connectivity index (χ2n) is 0.582. The minimum Gasteiger partial charge on any atom is -0.276 e. The number of nitrogens with one attached hydrogen (secondary N) is 1. The highest BCUT2D eigenvalue weighted by Gasteiger charge is 2.26. The molecule has 0 aromatic carbocycles. The molecule has 0 heterocycles. The lowest BCUT2D eigenvalue weighted by molar-refractivity contribution is 0.397. The van der Waals surface area contributed by atoms with E-state index in [0.717, 1.165) is 0 Å². The predicted molar refractivity (Wildman–Crippen MR) is 22.1 cm³/mol. The van der Waals surface area contributed by atoms with Crippen LogP contribution in [-0.2, 0) is 15.7 Å². The zero-order valence-electron chi connectivity index (χ0n) is 2.66. The molecule has 0 saturated carbocycles. The van der Waals surface area contributed by atoms with Crippen molar-refractivity contribution in [1.29, 1.82) is 4.78 Å². The highest BCUT2D eigenvalue weighted by atomic mass is 32.7. The van der Waals surface area contributed by atoms with Crippen LogP contribution in [0.3, 0.4) is 0 Å². The number of hydrogen-bond donors (Lipinski definition) is 3. The molecule has 0 aromatic heterocycles. The van der Waals surface area contributed by atoms with Crippen LogP contribution in [0.1, 0.15) is 0 Å². The Morgan fingerprint density at radius 2 is 1.83 bits per heavy atom. The summed E-state index contributed by atoms with van der Waals surface area (Å²) in [7, 11) is 0. The first-order chi connectivity index (χ1) is 2.56. The normalized spacial score (nSPS) is 11.0. The molecule has 0 amide bonds. The van der Waals surface area contributed by atoms with Crippen molar-refractivity contribution in [2.75, 3.05) is 0 Å². The SMILES string of the molecule is N=[S+]P(=O)(O)O. The third-order valence-electron chi connectivity index (χ3n) is 0.119. The molecular formula is H3NO3PS+. The molecule has 0 spiro atoms. The average molecular weight is 128 g/mol. The van der Waals surface area contributed by atoms with Gasteiger partial charge in [0.15, 0.2) is 0 Å². The first-order valence-electron chi connectivity index (χ1n) is 0.969. The van der Waals surface area contributed by atoms with Crippen LogP contribution in [-0.4, -0.2) is 9.79 Å².